The van der Waals surface area contributed by atoms with Gasteiger partial charge in [-0.25, -0.2) is 0 Å². The number of aliphatic hydroxyl groups is 2. The van der Waals surface area contributed by atoms with E-state index in [1.165, 1.54) is 0 Å². The molecule has 0 radical (unpaired) electrons. The summed E-state index contributed by atoms with van der Waals surface area (Å²) in [6.07, 6.45) is -0.123. The van der Waals surface area contributed by atoms with Crippen molar-refractivity contribution in [3.8, 4) is 0 Å². The minimum absolute atomic E-state index is 0.292. The lowest BCUT2D eigenvalue weighted by Gasteiger charge is -2.16. The molecule has 0 fully saturated rings. The highest BCUT2D eigenvalue weighted by molar-refractivity contribution is 4.64. The fraction of sp³-hybridized carbons (Fsp3) is 1.00. The van der Waals surface area contributed by atoms with Gasteiger partial charge in [-0.1, -0.05) is 13.8 Å². The van der Waals surface area contributed by atoms with Crippen LogP contribution in [0.5, 0.6) is 0 Å². The van der Waals surface area contributed by atoms with Gasteiger partial charge in [0.05, 0.1) is 32.0 Å². The molecule has 0 bridgehead atoms. The topological polar surface area (TPSA) is 71.0 Å². The van der Waals surface area contributed by atoms with Crippen molar-refractivity contribution in [3.05, 3.63) is 0 Å². The Hall–Kier alpha value is -0.200. The first-order valence-electron chi connectivity index (χ1n) is 6.78. The molecule has 5 nitrogen and oxygen atoms in total. The molecule has 0 aromatic carbocycles. The molecule has 110 valence electrons. The van der Waals surface area contributed by atoms with Crippen LogP contribution in [0, 0.1) is 5.92 Å². The molecule has 0 aliphatic heterocycles. The van der Waals surface area contributed by atoms with Crippen LogP contribution in [0.4, 0.5) is 0 Å². The van der Waals surface area contributed by atoms with E-state index in [4.69, 9.17) is 9.47 Å². The fourth-order valence-electron chi connectivity index (χ4n) is 1.58. The third kappa shape index (κ3) is 12.3. The van der Waals surface area contributed by atoms with Gasteiger partial charge in [0.25, 0.3) is 0 Å². The lowest BCUT2D eigenvalue weighted by Crippen LogP contribution is -2.35. The summed E-state index contributed by atoms with van der Waals surface area (Å²) in [7, 11) is 0. The molecule has 0 aliphatic rings. The number of rotatable bonds is 12. The van der Waals surface area contributed by atoms with Crippen molar-refractivity contribution in [2.75, 3.05) is 39.5 Å². The number of ether oxygens (including phenoxy) is 2. The van der Waals surface area contributed by atoms with Crippen LogP contribution < -0.4 is 5.32 Å². The summed E-state index contributed by atoms with van der Waals surface area (Å²) in [6.45, 7) is 9.06. The number of nitrogens with one attached hydrogen (secondary N) is 1. The maximum Gasteiger partial charge on any atom is 0.0897 e. The number of hydrogen-bond acceptors (Lipinski definition) is 5. The van der Waals surface area contributed by atoms with E-state index in [2.05, 4.69) is 19.2 Å². The monoisotopic (exact) mass is 263 g/mol. The molecule has 2 atom stereocenters. The first-order chi connectivity index (χ1) is 8.56. The maximum atomic E-state index is 9.61. The average molecular weight is 263 g/mol. The normalized spacial score (nSPS) is 15.0. The van der Waals surface area contributed by atoms with Crippen molar-refractivity contribution in [3.63, 3.8) is 0 Å². The van der Waals surface area contributed by atoms with Gasteiger partial charge in [-0.2, -0.15) is 0 Å². The zero-order chi connectivity index (χ0) is 13.8. The third-order valence-corrected chi connectivity index (χ3v) is 2.39. The lowest BCUT2D eigenvalue weighted by molar-refractivity contribution is 0.00556. The molecule has 0 heterocycles. The molecular weight excluding hydrogens is 234 g/mol. The highest BCUT2D eigenvalue weighted by Gasteiger charge is 2.08. The van der Waals surface area contributed by atoms with Gasteiger partial charge >= 0.3 is 0 Å². The van der Waals surface area contributed by atoms with E-state index >= 15 is 0 Å². The second kappa shape index (κ2) is 11.9. The van der Waals surface area contributed by atoms with Crippen molar-refractivity contribution in [1.29, 1.82) is 0 Å². The summed E-state index contributed by atoms with van der Waals surface area (Å²) in [6, 6.07) is 0. The molecule has 0 spiro atoms. The molecule has 18 heavy (non-hydrogen) atoms. The molecule has 3 N–H and O–H groups in total. The van der Waals surface area contributed by atoms with Crippen LogP contribution in [0.2, 0.25) is 0 Å². The van der Waals surface area contributed by atoms with Gasteiger partial charge in [-0.15, -0.1) is 0 Å². The maximum absolute atomic E-state index is 9.61. The number of aliphatic hydroxyl groups excluding tert-OH is 2. The van der Waals surface area contributed by atoms with Gasteiger partial charge in [0.15, 0.2) is 0 Å². The molecule has 0 aromatic rings. The van der Waals surface area contributed by atoms with Crippen LogP contribution in [0.3, 0.4) is 0 Å². The second-order valence-corrected chi connectivity index (χ2v) is 4.87. The van der Waals surface area contributed by atoms with Crippen molar-refractivity contribution >= 4 is 0 Å². The van der Waals surface area contributed by atoms with Crippen LogP contribution in [0.25, 0.3) is 0 Å². The van der Waals surface area contributed by atoms with Gasteiger partial charge in [0.2, 0.25) is 0 Å². The molecular formula is C13H29NO4. The van der Waals surface area contributed by atoms with Crippen molar-refractivity contribution < 1.29 is 19.7 Å². The highest BCUT2D eigenvalue weighted by atomic mass is 16.5. The van der Waals surface area contributed by atoms with Crippen LogP contribution in [0.15, 0.2) is 0 Å². The summed E-state index contributed by atoms with van der Waals surface area (Å²) >= 11 is 0. The van der Waals surface area contributed by atoms with Crippen LogP contribution >= 0.6 is 0 Å². The van der Waals surface area contributed by atoms with Crippen molar-refractivity contribution in [2.24, 2.45) is 5.92 Å². The van der Waals surface area contributed by atoms with Crippen molar-refractivity contribution in [2.45, 2.75) is 39.4 Å². The smallest absolute Gasteiger partial charge is 0.0897 e. The Morgan fingerprint density at radius 3 is 2.22 bits per heavy atom. The first kappa shape index (κ1) is 17.8. The molecule has 0 amide bonds. The van der Waals surface area contributed by atoms with Gasteiger partial charge in [-0.05, 0) is 19.3 Å². The Morgan fingerprint density at radius 2 is 1.61 bits per heavy atom. The van der Waals surface area contributed by atoms with E-state index in [-0.39, 0.29) is 6.10 Å². The van der Waals surface area contributed by atoms with E-state index in [0.29, 0.717) is 45.4 Å². The molecule has 0 saturated heterocycles. The summed E-state index contributed by atoms with van der Waals surface area (Å²) in [5.74, 6) is 0.480. The van der Waals surface area contributed by atoms with Gasteiger partial charge < -0.3 is 25.0 Å². The predicted octanol–water partition coefficient (Wildman–Crippen LogP) is 0.397. The average Bonchev–Trinajstić information content (AvgIpc) is 2.27. The lowest BCUT2D eigenvalue weighted by atomic mass is 10.1. The Labute approximate surface area is 110 Å². The van der Waals surface area contributed by atoms with E-state index in [1.807, 2.05) is 6.92 Å². The zero-order valence-corrected chi connectivity index (χ0v) is 11.9. The van der Waals surface area contributed by atoms with E-state index in [9.17, 15) is 10.2 Å². The SMILES string of the molecule is CCOCCOCC(O)CNCC(O)CC(C)C. The minimum atomic E-state index is -0.544. The summed E-state index contributed by atoms with van der Waals surface area (Å²) in [4.78, 5) is 0. The minimum Gasteiger partial charge on any atom is -0.392 e. The number of hydrogen-bond donors (Lipinski definition) is 3. The van der Waals surface area contributed by atoms with Crippen LogP contribution in [0.1, 0.15) is 27.2 Å². The zero-order valence-electron chi connectivity index (χ0n) is 11.9. The second-order valence-electron chi connectivity index (χ2n) is 4.87. The molecule has 5 heteroatoms. The Balaban J connectivity index is 3.33. The van der Waals surface area contributed by atoms with E-state index in [0.717, 1.165) is 6.42 Å². The third-order valence-electron chi connectivity index (χ3n) is 2.39. The summed E-state index contributed by atoms with van der Waals surface area (Å²) in [5, 5.41) is 22.2. The molecule has 0 saturated carbocycles. The Bertz CT molecular complexity index is 178. The van der Waals surface area contributed by atoms with E-state index in [1.54, 1.807) is 0 Å². The molecule has 2 unspecified atom stereocenters. The van der Waals surface area contributed by atoms with Gasteiger partial charge in [0.1, 0.15) is 0 Å². The first-order valence-corrected chi connectivity index (χ1v) is 6.78. The Morgan fingerprint density at radius 1 is 1.00 bits per heavy atom. The molecule has 0 aliphatic carbocycles. The van der Waals surface area contributed by atoms with Crippen LogP contribution in [-0.4, -0.2) is 61.9 Å². The molecule has 0 aromatic heterocycles. The predicted molar refractivity (Wildman–Crippen MR) is 71.7 cm³/mol. The Kier molecular flexibility index (Phi) is 11.7. The highest BCUT2D eigenvalue weighted by Crippen LogP contribution is 2.03. The summed E-state index contributed by atoms with van der Waals surface area (Å²) in [5.41, 5.74) is 0. The fourth-order valence-corrected chi connectivity index (χ4v) is 1.58. The summed E-state index contributed by atoms with van der Waals surface area (Å²) < 4.78 is 10.4. The largest absolute Gasteiger partial charge is 0.392 e. The van der Waals surface area contributed by atoms with Gasteiger partial charge in [0, 0.05) is 19.7 Å². The standard InChI is InChI=1S/C13H29NO4/c1-4-17-5-6-18-10-13(16)9-14-8-12(15)7-11(2)3/h11-16H,4-10H2,1-3H3. The van der Waals surface area contributed by atoms with Crippen molar-refractivity contribution in [1.82, 2.24) is 5.32 Å². The van der Waals surface area contributed by atoms with Crippen LogP contribution in [-0.2, 0) is 9.47 Å². The molecule has 0 rings (SSSR count). The quantitative estimate of drug-likeness (QED) is 0.445. The van der Waals surface area contributed by atoms with Gasteiger partial charge in [-0.3, -0.25) is 0 Å². The van der Waals surface area contributed by atoms with E-state index < -0.39 is 6.10 Å².